The second kappa shape index (κ2) is 6.76. The Balaban J connectivity index is 3.97. The Morgan fingerprint density at radius 1 is 1.38 bits per heavy atom. The predicted octanol–water partition coefficient (Wildman–Crippen LogP) is 3.78. The van der Waals surface area contributed by atoms with Crippen LogP contribution in [0.25, 0.3) is 0 Å². The lowest BCUT2D eigenvalue weighted by molar-refractivity contribution is 0.211. The summed E-state index contributed by atoms with van der Waals surface area (Å²) >= 11 is 0. The van der Waals surface area contributed by atoms with E-state index in [1.165, 1.54) is 0 Å². The van der Waals surface area contributed by atoms with Gasteiger partial charge in [0, 0.05) is 0 Å². The molecule has 13 heavy (non-hydrogen) atoms. The van der Waals surface area contributed by atoms with E-state index >= 15 is 0 Å². The van der Waals surface area contributed by atoms with Crippen LogP contribution in [0, 0.1) is 11.8 Å². The molecule has 0 amide bonds. The molecule has 0 saturated heterocycles. The molecule has 0 N–H and O–H groups in total. The van der Waals surface area contributed by atoms with Crippen LogP contribution in [0.15, 0.2) is 24.5 Å². The van der Waals surface area contributed by atoms with Crippen LogP contribution < -0.4 is 0 Å². The van der Waals surface area contributed by atoms with Crippen LogP contribution in [0.5, 0.6) is 0 Å². The summed E-state index contributed by atoms with van der Waals surface area (Å²) in [6.45, 7) is 13.1. The first-order valence-electron chi connectivity index (χ1n) is 5.05. The van der Waals surface area contributed by atoms with Gasteiger partial charge in [-0.15, -0.1) is 6.58 Å². The topological polar surface area (TPSA) is 9.23 Å². The van der Waals surface area contributed by atoms with Crippen molar-refractivity contribution in [1.29, 1.82) is 0 Å². The number of hydrogen-bond donors (Lipinski definition) is 0. The van der Waals surface area contributed by atoms with Crippen molar-refractivity contribution in [3.63, 3.8) is 0 Å². The van der Waals surface area contributed by atoms with E-state index < -0.39 is 0 Å². The van der Waals surface area contributed by atoms with Crippen molar-refractivity contribution in [3.8, 4) is 0 Å². The lowest BCUT2D eigenvalue weighted by atomic mass is 9.96. The van der Waals surface area contributed by atoms with Crippen LogP contribution >= 0.6 is 0 Å². The summed E-state index contributed by atoms with van der Waals surface area (Å²) < 4.78 is 5.48. The Kier molecular flexibility index (Phi) is 6.38. The highest BCUT2D eigenvalue weighted by molar-refractivity contribution is 4.97. The lowest BCUT2D eigenvalue weighted by Gasteiger charge is -2.13. The summed E-state index contributed by atoms with van der Waals surface area (Å²) in [6.07, 6.45) is 5.22. The van der Waals surface area contributed by atoms with Crippen molar-refractivity contribution in [3.05, 3.63) is 24.5 Å². The Bertz CT molecular complexity index is 170. The van der Waals surface area contributed by atoms with Crippen LogP contribution in [-0.4, -0.2) is 6.61 Å². The average Bonchev–Trinajstić information content (AvgIpc) is 2.13. The Labute approximate surface area is 82.5 Å². The predicted molar refractivity (Wildman–Crippen MR) is 58.5 cm³/mol. The molecular weight excluding hydrogens is 160 g/mol. The summed E-state index contributed by atoms with van der Waals surface area (Å²) in [5.41, 5.74) is 0. The Morgan fingerprint density at radius 2 is 2.00 bits per heavy atom. The molecule has 0 bridgehead atoms. The van der Waals surface area contributed by atoms with Gasteiger partial charge in [-0.05, 0) is 31.3 Å². The van der Waals surface area contributed by atoms with E-state index in [1.54, 1.807) is 0 Å². The van der Waals surface area contributed by atoms with Gasteiger partial charge in [0.1, 0.15) is 0 Å². The number of rotatable bonds is 6. The molecule has 0 aliphatic heterocycles. The molecule has 0 fully saturated rings. The van der Waals surface area contributed by atoms with E-state index in [-0.39, 0.29) is 0 Å². The third-order valence-electron chi connectivity index (χ3n) is 2.23. The first-order chi connectivity index (χ1) is 6.11. The molecule has 0 aromatic rings. The zero-order valence-electron chi connectivity index (χ0n) is 9.34. The van der Waals surface area contributed by atoms with Crippen LogP contribution in [0.1, 0.15) is 34.1 Å². The minimum atomic E-state index is 0.509. The number of allylic oxidation sites excluding steroid dienone is 3. The van der Waals surface area contributed by atoms with Crippen molar-refractivity contribution in [2.24, 2.45) is 11.8 Å². The molecule has 0 radical (unpaired) electrons. The van der Waals surface area contributed by atoms with Crippen molar-refractivity contribution >= 4 is 0 Å². The fraction of sp³-hybridized carbons (Fsp3) is 0.667. The standard InChI is InChI=1S/C12H22O/c1-6-8-13-12(5)9-11(4)10(3)7-2/h7,9-11H,2,6,8H2,1,3-5H3/b12-9+/t10-,11?/m1/s1. The smallest absolute Gasteiger partial charge is 0.0892 e. The molecule has 0 heterocycles. The third kappa shape index (κ3) is 5.51. The van der Waals surface area contributed by atoms with E-state index in [2.05, 4.69) is 33.4 Å². The minimum Gasteiger partial charge on any atom is -0.499 e. The van der Waals surface area contributed by atoms with Gasteiger partial charge < -0.3 is 4.74 Å². The van der Waals surface area contributed by atoms with Gasteiger partial charge in [-0.3, -0.25) is 0 Å². The fourth-order valence-corrected chi connectivity index (χ4v) is 1.05. The van der Waals surface area contributed by atoms with Crippen molar-refractivity contribution in [2.75, 3.05) is 6.61 Å². The van der Waals surface area contributed by atoms with Gasteiger partial charge in [0.15, 0.2) is 0 Å². The molecule has 0 saturated carbocycles. The van der Waals surface area contributed by atoms with Gasteiger partial charge in [-0.1, -0.05) is 26.8 Å². The van der Waals surface area contributed by atoms with E-state index in [0.717, 1.165) is 18.8 Å². The lowest BCUT2D eigenvalue weighted by Crippen LogP contribution is -2.03. The van der Waals surface area contributed by atoms with Crippen molar-refractivity contribution < 1.29 is 4.74 Å². The minimum absolute atomic E-state index is 0.509. The molecule has 0 rings (SSSR count). The highest BCUT2D eigenvalue weighted by Crippen LogP contribution is 2.15. The zero-order valence-corrected chi connectivity index (χ0v) is 9.34. The summed E-state index contributed by atoms with van der Waals surface area (Å²) in [5.74, 6) is 2.05. The highest BCUT2D eigenvalue weighted by atomic mass is 16.5. The summed E-state index contributed by atoms with van der Waals surface area (Å²) in [5, 5.41) is 0. The fourth-order valence-electron chi connectivity index (χ4n) is 1.05. The summed E-state index contributed by atoms with van der Waals surface area (Å²) in [7, 11) is 0. The van der Waals surface area contributed by atoms with E-state index in [1.807, 2.05) is 13.0 Å². The molecule has 0 aromatic heterocycles. The van der Waals surface area contributed by atoms with E-state index in [9.17, 15) is 0 Å². The molecule has 0 aromatic carbocycles. The zero-order chi connectivity index (χ0) is 10.3. The van der Waals surface area contributed by atoms with Gasteiger partial charge in [-0.2, -0.15) is 0 Å². The summed E-state index contributed by atoms with van der Waals surface area (Å²) in [6, 6.07) is 0. The second-order valence-electron chi connectivity index (χ2n) is 3.58. The Morgan fingerprint density at radius 3 is 2.46 bits per heavy atom. The van der Waals surface area contributed by atoms with Gasteiger partial charge >= 0.3 is 0 Å². The average molecular weight is 182 g/mol. The maximum absolute atomic E-state index is 5.48. The van der Waals surface area contributed by atoms with E-state index in [0.29, 0.717) is 11.8 Å². The van der Waals surface area contributed by atoms with Crippen LogP contribution in [0.4, 0.5) is 0 Å². The molecule has 1 heteroatoms. The number of hydrogen-bond acceptors (Lipinski definition) is 1. The molecule has 2 atom stereocenters. The highest BCUT2D eigenvalue weighted by Gasteiger charge is 2.05. The number of ether oxygens (including phenoxy) is 1. The monoisotopic (exact) mass is 182 g/mol. The first kappa shape index (κ1) is 12.3. The van der Waals surface area contributed by atoms with Crippen LogP contribution in [0.3, 0.4) is 0 Å². The Hall–Kier alpha value is -0.720. The van der Waals surface area contributed by atoms with Crippen molar-refractivity contribution in [1.82, 2.24) is 0 Å². The van der Waals surface area contributed by atoms with Gasteiger partial charge in [0.05, 0.1) is 12.4 Å². The molecule has 0 aliphatic carbocycles. The van der Waals surface area contributed by atoms with Crippen LogP contribution in [-0.2, 0) is 4.74 Å². The van der Waals surface area contributed by atoms with Gasteiger partial charge in [0.25, 0.3) is 0 Å². The molecule has 76 valence electrons. The normalized spacial score (nSPS) is 16.5. The summed E-state index contributed by atoms with van der Waals surface area (Å²) in [4.78, 5) is 0. The first-order valence-corrected chi connectivity index (χ1v) is 5.05. The van der Waals surface area contributed by atoms with Gasteiger partial charge in [0.2, 0.25) is 0 Å². The van der Waals surface area contributed by atoms with Gasteiger partial charge in [-0.25, -0.2) is 0 Å². The molecule has 0 aliphatic rings. The maximum atomic E-state index is 5.48. The van der Waals surface area contributed by atoms with E-state index in [4.69, 9.17) is 4.74 Å². The quantitative estimate of drug-likeness (QED) is 0.449. The maximum Gasteiger partial charge on any atom is 0.0892 e. The molecule has 0 spiro atoms. The molecular formula is C12H22O. The third-order valence-corrected chi connectivity index (χ3v) is 2.23. The molecule has 1 unspecified atom stereocenters. The van der Waals surface area contributed by atoms with Crippen molar-refractivity contribution in [2.45, 2.75) is 34.1 Å². The molecule has 1 nitrogen and oxygen atoms in total. The largest absolute Gasteiger partial charge is 0.499 e. The SMILES string of the molecule is C=C[C@@H](C)C(C)/C=C(\C)OCCC. The van der Waals surface area contributed by atoms with Crippen LogP contribution in [0.2, 0.25) is 0 Å². The second-order valence-corrected chi connectivity index (χ2v) is 3.58.